The first-order valence-electron chi connectivity index (χ1n) is 9.65. The molecule has 30 heavy (non-hydrogen) atoms. The van der Waals surface area contributed by atoms with Gasteiger partial charge in [0.1, 0.15) is 40.9 Å². The van der Waals surface area contributed by atoms with Crippen molar-refractivity contribution in [3.63, 3.8) is 0 Å². The third kappa shape index (κ3) is 5.14. The van der Waals surface area contributed by atoms with E-state index >= 15 is 0 Å². The first-order valence-corrected chi connectivity index (χ1v) is 13.0. The highest BCUT2D eigenvalue weighted by Gasteiger charge is 2.38. The molecule has 1 atom stereocenters. The summed E-state index contributed by atoms with van der Waals surface area (Å²) in [4.78, 5) is 3.98. The normalized spacial score (nSPS) is 12.7. The highest BCUT2D eigenvalue weighted by Crippen LogP contribution is 2.37. The van der Waals surface area contributed by atoms with E-state index in [-0.39, 0.29) is 33.1 Å². The summed E-state index contributed by atoms with van der Waals surface area (Å²) in [5.41, 5.74) is 7.34. The zero-order valence-corrected chi connectivity index (χ0v) is 20.2. The fourth-order valence-corrected chi connectivity index (χ4v) is 4.44. The standard InChI is InChI=1S/C22H28N4O2SSi/c1-14(28-30(5,6)22(2,3)4)13-27-16-9-7-15(8-10-16)19-17(11-23)20(25)26-21(29)18(19)12-24/h7-10,14H,13H2,1-6H3,(H3,25,26,29). The largest absolute Gasteiger partial charge is 0.491 e. The van der Waals surface area contributed by atoms with Gasteiger partial charge in [0.25, 0.3) is 0 Å². The number of nitrogen functional groups attached to an aromatic ring is 1. The zero-order valence-electron chi connectivity index (χ0n) is 18.3. The summed E-state index contributed by atoms with van der Waals surface area (Å²) >= 11 is 4.23. The summed E-state index contributed by atoms with van der Waals surface area (Å²) in [7, 11) is -1.86. The Morgan fingerprint density at radius 3 is 2.20 bits per heavy atom. The van der Waals surface area contributed by atoms with Gasteiger partial charge in [-0.25, -0.2) is 4.98 Å². The van der Waals surface area contributed by atoms with Gasteiger partial charge in [-0.15, -0.1) is 12.6 Å². The van der Waals surface area contributed by atoms with Crippen LogP contribution in [0.3, 0.4) is 0 Å². The molecular weight excluding hydrogens is 412 g/mol. The summed E-state index contributed by atoms with van der Waals surface area (Å²) in [6, 6.07) is 11.3. The second-order valence-corrected chi connectivity index (χ2v) is 13.9. The number of benzene rings is 1. The van der Waals surface area contributed by atoms with Gasteiger partial charge in [0.15, 0.2) is 8.32 Å². The number of nitrogens with two attached hydrogens (primary N) is 1. The van der Waals surface area contributed by atoms with Crippen molar-refractivity contribution in [2.24, 2.45) is 0 Å². The molecule has 0 saturated heterocycles. The number of pyridine rings is 1. The van der Waals surface area contributed by atoms with E-state index in [1.807, 2.05) is 13.0 Å². The van der Waals surface area contributed by atoms with Crippen LogP contribution in [0.2, 0.25) is 18.1 Å². The van der Waals surface area contributed by atoms with E-state index in [1.165, 1.54) is 0 Å². The first kappa shape index (κ1) is 23.8. The second-order valence-electron chi connectivity index (χ2n) is 8.69. The molecule has 0 bridgehead atoms. The summed E-state index contributed by atoms with van der Waals surface area (Å²) in [6.45, 7) is 13.5. The maximum absolute atomic E-state index is 9.50. The Morgan fingerprint density at radius 1 is 1.13 bits per heavy atom. The number of rotatable bonds is 6. The van der Waals surface area contributed by atoms with Crippen LogP contribution >= 0.6 is 12.6 Å². The maximum Gasteiger partial charge on any atom is 0.192 e. The van der Waals surface area contributed by atoms with E-state index in [4.69, 9.17) is 14.9 Å². The van der Waals surface area contributed by atoms with Crippen molar-refractivity contribution in [2.75, 3.05) is 12.3 Å². The lowest BCUT2D eigenvalue weighted by atomic mass is 9.97. The molecule has 8 heteroatoms. The molecule has 6 nitrogen and oxygen atoms in total. The lowest BCUT2D eigenvalue weighted by Crippen LogP contribution is -2.44. The number of anilines is 1. The summed E-state index contributed by atoms with van der Waals surface area (Å²) in [6.07, 6.45) is -0.0345. The Bertz CT molecular complexity index is 964. The molecule has 1 aromatic heterocycles. The van der Waals surface area contributed by atoms with Crippen LogP contribution in [0.25, 0.3) is 11.1 Å². The third-order valence-corrected chi connectivity index (χ3v) is 10.3. The summed E-state index contributed by atoms with van der Waals surface area (Å²) < 4.78 is 12.2. The van der Waals surface area contributed by atoms with Crippen LogP contribution in [0, 0.1) is 22.7 Å². The summed E-state index contributed by atoms with van der Waals surface area (Å²) in [5.74, 6) is 0.725. The lowest BCUT2D eigenvalue weighted by Gasteiger charge is -2.38. The highest BCUT2D eigenvalue weighted by molar-refractivity contribution is 7.80. The van der Waals surface area contributed by atoms with Gasteiger partial charge in [0, 0.05) is 5.56 Å². The average molecular weight is 441 g/mol. The van der Waals surface area contributed by atoms with Gasteiger partial charge < -0.3 is 14.9 Å². The van der Waals surface area contributed by atoms with Crippen molar-refractivity contribution in [3.05, 3.63) is 35.4 Å². The second kappa shape index (κ2) is 9.09. The number of hydrogen-bond donors (Lipinski definition) is 2. The topological polar surface area (TPSA) is 105 Å². The van der Waals surface area contributed by atoms with Gasteiger partial charge in [-0.3, -0.25) is 0 Å². The fraction of sp³-hybridized carbons (Fsp3) is 0.409. The van der Waals surface area contributed by atoms with Gasteiger partial charge in [0.05, 0.1) is 11.7 Å². The summed E-state index contributed by atoms with van der Waals surface area (Å²) in [5, 5.41) is 19.3. The third-order valence-electron chi connectivity index (χ3n) is 5.36. The van der Waals surface area contributed by atoms with Gasteiger partial charge in [-0.1, -0.05) is 32.9 Å². The molecule has 158 valence electrons. The zero-order chi connectivity index (χ0) is 22.7. The molecule has 0 fully saturated rings. The molecule has 2 N–H and O–H groups in total. The van der Waals surface area contributed by atoms with Crippen molar-refractivity contribution >= 4 is 26.8 Å². The molecule has 1 aromatic carbocycles. The number of nitrogens with zero attached hydrogens (tertiary/aromatic N) is 3. The first-order chi connectivity index (χ1) is 13.9. The van der Waals surface area contributed by atoms with Crippen LogP contribution in [0.15, 0.2) is 29.3 Å². The minimum absolute atomic E-state index is 0.0345. The predicted octanol–water partition coefficient (Wildman–Crippen LogP) is 5.15. The number of hydrogen-bond acceptors (Lipinski definition) is 7. The minimum Gasteiger partial charge on any atom is -0.491 e. The number of thiol groups is 1. The quantitative estimate of drug-likeness (QED) is 0.475. The number of ether oxygens (including phenoxy) is 1. The highest BCUT2D eigenvalue weighted by atomic mass is 32.1. The Hall–Kier alpha value is -2.52. The Labute approximate surface area is 185 Å². The van der Waals surface area contributed by atoms with E-state index in [0.29, 0.717) is 23.5 Å². The molecule has 0 radical (unpaired) electrons. The van der Waals surface area contributed by atoms with Crippen LogP contribution < -0.4 is 10.5 Å². The molecular formula is C22H28N4O2SSi. The van der Waals surface area contributed by atoms with Crippen LogP contribution in [0.1, 0.15) is 38.8 Å². The van der Waals surface area contributed by atoms with Crippen molar-refractivity contribution in [1.82, 2.24) is 4.98 Å². The van der Waals surface area contributed by atoms with E-state index in [2.05, 4.69) is 57.5 Å². The Morgan fingerprint density at radius 2 is 1.70 bits per heavy atom. The molecule has 0 aliphatic rings. The molecule has 0 aliphatic heterocycles. The Balaban J connectivity index is 2.20. The van der Waals surface area contributed by atoms with Gasteiger partial charge in [0.2, 0.25) is 0 Å². The molecule has 2 aromatic rings. The van der Waals surface area contributed by atoms with Crippen molar-refractivity contribution < 1.29 is 9.16 Å². The lowest BCUT2D eigenvalue weighted by molar-refractivity contribution is 0.129. The molecule has 2 rings (SSSR count). The molecule has 1 heterocycles. The van der Waals surface area contributed by atoms with Crippen LogP contribution in [-0.2, 0) is 4.43 Å². The Kier molecular flexibility index (Phi) is 7.20. The number of nitriles is 2. The average Bonchev–Trinajstić information content (AvgIpc) is 2.65. The van der Waals surface area contributed by atoms with Crippen molar-refractivity contribution in [3.8, 4) is 29.0 Å². The molecule has 1 unspecified atom stereocenters. The maximum atomic E-state index is 9.50. The van der Waals surface area contributed by atoms with Crippen LogP contribution in [0.5, 0.6) is 5.75 Å². The predicted molar refractivity (Wildman–Crippen MR) is 124 cm³/mol. The molecule has 0 amide bonds. The van der Waals surface area contributed by atoms with E-state index < -0.39 is 8.32 Å². The minimum atomic E-state index is -1.86. The van der Waals surface area contributed by atoms with Gasteiger partial charge in [-0.2, -0.15) is 10.5 Å². The van der Waals surface area contributed by atoms with Crippen molar-refractivity contribution in [1.29, 1.82) is 10.5 Å². The fourth-order valence-electron chi connectivity index (χ4n) is 2.74. The smallest absolute Gasteiger partial charge is 0.192 e. The number of aromatic nitrogens is 1. The SMILES string of the molecule is CC(COc1ccc(-c2c(C#N)c(N)nc(S)c2C#N)cc1)O[Si](C)(C)C(C)(C)C. The van der Waals surface area contributed by atoms with Crippen LogP contribution in [0.4, 0.5) is 5.82 Å². The van der Waals surface area contributed by atoms with Gasteiger partial charge in [-0.05, 0) is 42.8 Å². The van der Waals surface area contributed by atoms with Gasteiger partial charge >= 0.3 is 0 Å². The van der Waals surface area contributed by atoms with E-state index in [9.17, 15) is 10.5 Å². The molecule has 0 aliphatic carbocycles. The van der Waals surface area contributed by atoms with E-state index in [1.54, 1.807) is 24.3 Å². The van der Waals surface area contributed by atoms with Crippen LogP contribution in [-0.4, -0.2) is 26.0 Å². The molecule has 0 spiro atoms. The van der Waals surface area contributed by atoms with E-state index in [0.717, 1.165) is 0 Å². The van der Waals surface area contributed by atoms with Crippen molar-refractivity contribution in [2.45, 2.75) is 57.0 Å². The molecule has 0 saturated carbocycles. The monoisotopic (exact) mass is 440 g/mol.